The number of benzene rings is 3. The number of oxime groups is 1. The summed E-state index contributed by atoms with van der Waals surface area (Å²) in [5, 5.41) is 17.3. The molecule has 0 radical (unpaired) electrons. The van der Waals surface area contributed by atoms with Gasteiger partial charge in [0.05, 0.1) is 23.8 Å². The average molecular weight is 517 g/mol. The molecule has 1 fully saturated rings. The molecule has 3 heterocycles. The van der Waals surface area contributed by atoms with E-state index in [-0.39, 0.29) is 23.9 Å². The lowest BCUT2D eigenvalue weighted by atomic mass is 9.78. The van der Waals surface area contributed by atoms with Crippen molar-refractivity contribution in [3.05, 3.63) is 93.3 Å². The van der Waals surface area contributed by atoms with Crippen LogP contribution in [0.25, 0.3) is 10.1 Å². The van der Waals surface area contributed by atoms with Crippen LogP contribution in [0, 0.1) is 5.92 Å². The van der Waals surface area contributed by atoms with E-state index in [0.717, 1.165) is 45.0 Å². The molecule has 2 aliphatic heterocycles. The van der Waals surface area contributed by atoms with E-state index in [1.807, 2.05) is 36.4 Å². The first-order chi connectivity index (χ1) is 17.6. The third-order valence-corrected chi connectivity index (χ3v) is 9.33. The first kappa shape index (κ1) is 22.2. The first-order valence-corrected chi connectivity index (χ1v) is 13.4. The van der Waals surface area contributed by atoms with E-state index in [4.69, 9.17) is 21.2 Å². The van der Waals surface area contributed by atoms with Gasteiger partial charge in [0.2, 0.25) is 0 Å². The summed E-state index contributed by atoms with van der Waals surface area (Å²) in [6.45, 7) is 0.667. The van der Waals surface area contributed by atoms with E-state index >= 15 is 0 Å². The first-order valence-electron chi connectivity index (χ1n) is 12.3. The molecule has 3 aromatic carbocycles. The summed E-state index contributed by atoms with van der Waals surface area (Å²) in [6.07, 6.45) is 2.04. The van der Waals surface area contributed by atoms with Crippen molar-refractivity contribution in [3.63, 3.8) is 0 Å². The molecule has 1 aromatic heterocycles. The molecule has 1 aliphatic carbocycles. The highest BCUT2D eigenvalue weighted by Crippen LogP contribution is 2.56. The normalized spacial score (nSPS) is 23.2. The zero-order valence-electron chi connectivity index (χ0n) is 19.7. The zero-order valence-corrected chi connectivity index (χ0v) is 21.3. The van der Waals surface area contributed by atoms with Crippen LogP contribution in [-0.4, -0.2) is 29.1 Å². The minimum absolute atomic E-state index is 0.127. The molecule has 3 atom stereocenters. The topological polar surface area (TPSA) is 54.3 Å². The number of thiophene rings is 1. The van der Waals surface area contributed by atoms with Crippen molar-refractivity contribution in [3.8, 4) is 11.5 Å². The summed E-state index contributed by atoms with van der Waals surface area (Å²) in [6, 6.07) is 22.5. The number of rotatable bonds is 5. The molecule has 0 saturated heterocycles. The monoisotopic (exact) mass is 516 g/mol. The van der Waals surface area contributed by atoms with Crippen LogP contribution in [0.2, 0.25) is 5.02 Å². The van der Waals surface area contributed by atoms with E-state index in [9.17, 15) is 5.11 Å². The number of halogens is 1. The Kier molecular flexibility index (Phi) is 5.24. The van der Waals surface area contributed by atoms with Crippen LogP contribution in [0.1, 0.15) is 46.4 Å². The second-order valence-electron chi connectivity index (χ2n) is 9.76. The van der Waals surface area contributed by atoms with Crippen LogP contribution < -0.4 is 4.74 Å². The third kappa shape index (κ3) is 3.43. The molecule has 4 aromatic rings. The minimum Gasteiger partial charge on any atom is -0.504 e. The van der Waals surface area contributed by atoms with E-state index in [1.54, 1.807) is 18.4 Å². The fraction of sp³-hybridized carbons (Fsp3) is 0.276. The van der Waals surface area contributed by atoms with Crippen molar-refractivity contribution in [2.75, 3.05) is 7.11 Å². The molecule has 0 spiro atoms. The lowest BCUT2D eigenvalue weighted by Gasteiger charge is -2.43. The van der Waals surface area contributed by atoms with Crippen molar-refractivity contribution in [1.29, 1.82) is 0 Å². The van der Waals surface area contributed by atoms with Gasteiger partial charge in [0.15, 0.2) is 17.7 Å². The molecule has 3 aliphatic rings. The Morgan fingerprint density at radius 1 is 1.08 bits per heavy atom. The molecular formula is C29H25ClN2O3S. The van der Waals surface area contributed by atoms with Gasteiger partial charge in [-0.15, -0.1) is 11.3 Å². The number of methoxy groups -OCH3 is 1. The minimum atomic E-state index is -0.285. The van der Waals surface area contributed by atoms with Gasteiger partial charge in [-0.2, -0.15) is 0 Å². The SMILES string of the molecule is COc1cc2c(cc1O)[C@H]1C(c3ccccc3)=NO[C@H]1N(Cc1sc3ccccc3c1Cl)[C@@H]2C1CC1. The van der Waals surface area contributed by atoms with Crippen molar-refractivity contribution < 1.29 is 14.7 Å². The summed E-state index contributed by atoms with van der Waals surface area (Å²) in [7, 11) is 1.60. The van der Waals surface area contributed by atoms with Crippen LogP contribution >= 0.6 is 22.9 Å². The van der Waals surface area contributed by atoms with E-state index in [2.05, 4.69) is 40.4 Å². The Morgan fingerprint density at radius 2 is 1.86 bits per heavy atom. The molecule has 36 heavy (non-hydrogen) atoms. The summed E-state index contributed by atoms with van der Waals surface area (Å²) in [5.74, 6) is 1.01. The van der Waals surface area contributed by atoms with Gasteiger partial charge in [-0.3, -0.25) is 4.90 Å². The Hall–Kier alpha value is -3.06. The van der Waals surface area contributed by atoms with Crippen LogP contribution in [0.3, 0.4) is 0 Å². The van der Waals surface area contributed by atoms with Gasteiger partial charge in [-0.25, -0.2) is 0 Å². The molecule has 0 unspecified atom stereocenters. The second kappa shape index (κ2) is 8.51. The number of ether oxygens (including phenoxy) is 1. The molecule has 0 amide bonds. The van der Waals surface area contributed by atoms with Crippen molar-refractivity contribution >= 4 is 38.7 Å². The Balaban J connectivity index is 1.39. The van der Waals surface area contributed by atoms with Gasteiger partial charge in [0.1, 0.15) is 0 Å². The van der Waals surface area contributed by atoms with Gasteiger partial charge in [0, 0.05) is 33.1 Å². The maximum atomic E-state index is 10.8. The van der Waals surface area contributed by atoms with Crippen molar-refractivity contribution in [1.82, 2.24) is 4.90 Å². The van der Waals surface area contributed by atoms with Crippen molar-refractivity contribution in [2.24, 2.45) is 11.1 Å². The van der Waals surface area contributed by atoms with E-state index < -0.39 is 0 Å². The summed E-state index contributed by atoms with van der Waals surface area (Å²) < 4.78 is 6.74. The van der Waals surface area contributed by atoms with Gasteiger partial charge >= 0.3 is 0 Å². The number of hydrogen-bond acceptors (Lipinski definition) is 6. The van der Waals surface area contributed by atoms with Crippen molar-refractivity contribution in [2.45, 2.75) is 37.6 Å². The number of fused-ring (bicyclic) bond motifs is 4. The van der Waals surface area contributed by atoms with E-state index in [0.29, 0.717) is 18.2 Å². The predicted octanol–water partition coefficient (Wildman–Crippen LogP) is 7.08. The standard InChI is InChI=1S/C29H25ClN2O3S/c1-34-22-14-20-19(13-21(22)33)25-27(16-7-3-2-4-8-16)31-35-29(25)32(28(20)17-11-12-17)15-24-26(30)18-9-5-6-10-23(18)36-24/h2-10,13-14,17,25,28-29,33H,11-12,15H2,1H3/t25-,28+,29+/m0/s1. The highest BCUT2D eigenvalue weighted by atomic mass is 35.5. The number of nitrogens with zero attached hydrogens (tertiary/aromatic N) is 2. The molecular weight excluding hydrogens is 492 g/mol. The predicted molar refractivity (Wildman–Crippen MR) is 143 cm³/mol. The number of phenols is 1. The fourth-order valence-corrected chi connectivity index (χ4v) is 7.34. The lowest BCUT2D eigenvalue weighted by Crippen LogP contribution is -2.47. The maximum Gasteiger partial charge on any atom is 0.194 e. The molecule has 182 valence electrons. The lowest BCUT2D eigenvalue weighted by molar-refractivity contribution is -0.0855. The average Bonchev–Trinajstić information content (AvgIpc) is 3.56. The van der Waals surface area contributed by atoms with Crippen LogP contribution in [0.4, 0.5) is 0 Å². The Morgan fingerprint density at radius 3 is 2.61 bits per heavy atom. The highest BCUT2D eigenvalue weighted by molar-refractivity contribution is 7.19. The van der Waals surface area contributed by atoms with E-state index in [1.165, 1.54) is 10.3 Å². The quantitative estimate of drug-likeness (QED) is 0.308. The summed E-state index contributed by atoms with van der Waals surface area (Å²) in [4.78, 5) is 9.82. The second-order valence-corrected chi connectivity index (χ2v) is 11.3. The highest BCUT2D eigenvalue weighted by Gasteiger charge is 2.52. The molecule has 1 N–H and O–H groups in total. The van der Waals surface area contributed by atoms with Gasteiger partial charge in [-0.05, 0) is 48.1 Å². The number of aromatic hydroxyl groups is 1. The fourth-order valence-electron chi connectivity index (χ4n) is 5.84. The van der Waals surface area contributed by atoms with Crippen LogP contribution in [-0.2, 0) is 11.4 Å². The third-order valence-electron chi connectivity index (χ3n) is 7.63. The van der Waals surface area contributed by atoms with Gasteiger partial charge < -0.3 is 14.7 Å². The Labute approximate surface area is 218 Å². The van der Waals surface area contributed by atoms with Gasteiger partial charge in [0.25, 0.3) is 0 Å². The molecule has 5 nitrogen and oxygen atoms in total. The van der Waals surface area contributed by atoms with Gasteiger partial charge in [-0.1, -0.05) is 65.3 Å². The molecule has 7 heteroatoms. The molecule has 1 saturated carbocycles. The smallest absolute Gasteiger partial charge is 0.194 e. The number of hydrogen-bond donors (Lipinski definition) is 1. The number of phenolic OH excluding ortho intramolecular Hbond substituents is 1. The molecule has 7 rings (SSSR count). The van der Waals surface area contributed by atoms with Crippen LogP contribution in [0.15, 0.2) is 71.9 Å². The largest absolute Gasteiger partial charge is 0.504 e. The Bertz CT molecular complexity index is 1500. The maximum absolute atomic E-state index is 10.8. The molecule has 0 bridgehead atoms. The van der Waals surface area contributed by atoms with Crippen LogP contribution in [0.5, 0.6) is 11.5 Å². The summed E-state index contributed by atoms with van der Waals surface area (Å²) in [5.41, 5.74) is 4.15. The summed E-state index contributed by atoms with van der Waals surface area (Å²) >= 11 is 8.66. The zero-order chi connectivity index (χ0) is 24.4.